The monoisotopic (exact) mass is 284 g/mol. The molecule has 0 fully saturated rings. The Morgan fingerprint density at radius 3 is 2.71 bits per heavy atom. The first-order valence-electron chi connectivity index (χ1n) is 6.76. The fraction of sp³-hybridized carbons (Fsp3) is 0.188. The molecule has 1 atom stereocenters. The molecule has 5 nitrogen and oxygen atoms in total. The van der Waals surface area contributed by atoms with Gasteiger partial charge in [-0.05, 0) is 24.3 Å². The first kappa shape index (κ1) is 13.6. The van der Waals surface area contributed by atoms with Crippen LogP contribution in [0.3, 0.4) is 0 Å². The van der Waals surface area contributed by atoms with E-state index < -0.39 is 6.10 Å². The second kappa shape index (κ2) is 5.55. The van der Waals surface area contributed by atoms with Crippen molar-refractivity contribution < 1.29 is 15.0 Å². The van der Waals surface area contributed by atoms with Crippen LogP contribution in [0.4, 0.5) is 0 Å². The lowest BCUT2D eigenvalue weighted by molar-refractivity contribution is 0.0802. The second-order valence-corrected chi connectivity index (χ2v) is 4.98. The van der Waals surface area contributed by atoms with Gasteiger partial charge in [0, 0.05) is 33.9 Å². The summed E-state index contributed by atoms with van der Waals surface area (Å²) < 4.78 is 0. The summed E-state index contributed by atoms with van der Waals surface area (Å²) in [6.45, 7) is -0.344. The largest absolute Gasteiger partial charge is 0.394 e. The highest BCUT2D eigenvalue weighted by atomic mass is 16.3. The molecule has 0 saturated heterocycles. The molecule has 5 heteroatoms. The van der Waals surface area contributed by atoms with Gasteiger partial charge in [-0.3, -0.25) is 4.79 Å². The van der Waals surface area contributed by atoms with Crippen LogP contribution >= 0.6 is 0 Å². The first-order chi connectivity index (χ1) is 10.2. The molecule has 0 aliphatic carbocycles. The Bertz CT molecular complexity index is 794. The van der Waals surface area contributed by atoms with E-state index in [2.05, 4.69) is 10.3 Å². The van der Waals surface area contributed by atoms with Gasteiger partial charge < -0.3 is 20.5 Å². The zero-order chi connectivity index (χ0) is 14.8. The number of para-hydroxylation sites is 1. The Hall–Kier alpha value is -2.37. The summed E-state index contributed by atoms with van der Waals surface area (Å²) >= 11 is 0. The number of amides is 1. The SMILES string of the molecule is O=C(NC[C@H](O)CO)c1ccc2[nH]c3ccccc3c2c1. The lowest BCUT2D eigenvalue weighted by atomic mass is 10.1. The fourth-order valence-electron chi connectivity index (χ4n) is 2.37. The molecule has 3 aromatic rings. The number of nitrogens with one attached hydrogen (secondary N) is 2. The molecule has 3 rings (SSSR count). The minimum Gasteiger partial charge on any atom is -0.394 e. The summed E-state index contributed by atoms with van der Waals surface area (Å²) in [5.41, 5.74) is 2.53. The van der Waals surface area contributed by atoms with E-state index in [1.807, 2.05) is 36.4 Å². The maximum Gasteiger partial charge on any atom is 0.251 e. The van der Waals surface area contributed by atoms with E-state index in [4.69, 9.17) is 5.11 Å². The van der Waals surface area contributed by atoms with Crippen molar-refractivity contribution in [2.45, 2.75) is 6.10 Å². The van der Waals surface area contributed by atoms with Crippen molar-refractivity contribution in [1.29, 1.82) is 0 Å². The molecule has 1 aromatic heterocycles. The number of benzene rings is 2. The second-order valence-electron chi connectivity index (χ2n) is 4.98. The van der Waals surface area contributed by atoms with Gasteiger partial charge in [-0.15, -0.1) is 0 Å². The average Bonchev–Trinajstić information content (AvgIpc) is 2.90. The minimum absolute atomic E-state index is 0.0290. The van der Waals surface area contributed by atoms with E-state index in [0.717, 1.165) is 21.8 Å². The van der Waals surface area contributed by atoms with E-state index in [1.165, 1.54) is 0 Å². The lowest BCUT2D eigenvalue weighted by Crippen LogP contribution is -2.33. The standard InChI is InChI=1S/C16H16N2O3/c19-9-11(20)8-17-16(21)10-5-6-15-13(7-10)12-3-1-2-4-14(12)18-15/h1-7,11,18-20H,8-9H2,(H,17,21)/t11-/m0/s1. The van der Waals surface area contributed by atoms with Crippen LogP contribution in [0.1, 0.15) is 10.4 Å². The number of aromatic amines is 1. The summed E-state index contributed by atoms with van der Waals surface area (Å²) in [6, 6.07) is 13.3. The van der Waals surface area contributed by atoms with Crippen molar-refractivity contribution >= 4 is 27.7 Å². The Morgan fingerprint density at radius 1 is 1.14 bits per heavy atom. The zero-order valence-electron chi connectivity index (χ0n) is 11.3. The number of hydrogen-bond donors (Lipinski definition) is 4. The molecule has 1 amide bonds. The summed E-state index contributed by atoms with van der Waals surface area (Å²) in [4.78, 5) is 15.4. The molecule has 108 valence electrons. The Kier molecular flexibility index (Phi) is 3.60. The molecule has 0 spiro atoms. The molecule has 0 aliphatic heterocycles. The lowest BCUT2D eigenvalue weighted by Gasteiger charge is -2.09. The Morgan fingerprint density at radius 2 is 1.90 bits per heavy atom. The van der Waals surface area contributed by atoms with Gasteiger partial charge in [0.15, 0.2) is 0 Å². The van der Waals surface area contributed by atoms with E-state index in [9.17, 15) is 9.90 Å². The topological polar surface area (TPSA) is 85.3 Å². The predicted octanol–water partition coefficient (Wildman–Crippen LogP) is 1.40. The van der Waals surface area contributed by atoms with Crippen LogP contribution in [-0.2, 0) is 0 Å². The van der Waals surface area contributed by atoms with Crippen LogP contribution in [0, 0.1) is 0 Å². The smallest absolute Gasteiger partial charge is 0.251 e. The Labute approximate surface area is 121 Å². The molecule has 21 heavy (non-hydrogen) atoms. The summed E-state index contributed by atoms with van der Waals surface area (Å²) in [6.07, 6.45) is -0.939. The summed E-state index contributed by atoms with van der Waals surface area (Å²) in [5, 5.41) is 22.7. The van der Waals surface area contributed by atoms with Gasteiger partial charge in [-0.2, -0.15) is 0 Å². The van der Waals surface area contributed by atoms with Gasteiger partial charge in [-0.25, -0.2) is 0 Å². The van der Waals surface area contributed by atoms with Crippen LogP contribution in [0.25, 0.3) is 21.8 Å². The first-order valence-corrected chi connectivity index (χ1v) is 6.76. The molecule has 0 saturated carbocycles. The van der Waals surface area contributed by atoms with Crippen molar-refractivity contribution in [2.75, 3.05) is 13.2 Å². The van der Waals surface area contributed by atoms with Crippen molar-refractivity contribution in [3.05, 3.63) is 48.0 Å². The number of hydrogen-bond acceptors (Lipinski definition) is 3. The molecule has 0 unspecified atom stereocenters. The number of aliphatic hydroxyl groups excluding tert-OH is 2. The van der Waals surface area contributed by atoms with Gasteiger partial charge in [0.1, 0.15) is 0 Å². The highest BCUT2D eigenvalue weighted by Gasteiger charge is 2.11. The number of aliphatic hydroxyl groups is 2. The maximum atomic E-state index is 12.1. The van der Waals surface area contributed by atoms with Crippen LogP contribution in [0.2, 0.25) is 0 Å². The van der Waals surface area contributed by atoms with Crippen molar-refractivity contribution in [3.63, 3.8) is 0 Å². The third-order valence-electron chi connectivity index (χ3n) is 3.48. The molecule has 0 aliphatic rings. The van der Waals surface area contributed by atoms with Crippen LogP contribution in [0.5, 0.6) is 0 Å². The van der Waals surface area contributed by atoms with Gasteiger partial charge in [0.05, 0.1) is 12.7 Å². The van der Waals surface area contributed by atoms with Gasteiger partial charge in [0.2, 0.25) is 0 Å². The van der Waals surface area contributed by atoms with E-state index in [1.54, 1.807) is 6.07 Å². The number of aromatic nitrogens is 1. The third kappa shape index (κ3) is 2.61. The third-order valence-corrected chi connectivity index (χ3v) is 3.48. The minimum atomic E-state index is -0.939. The van der Waals surface area contributed by atoms with E-state index in [-0.39, 0.29) is 19.1 Å². The molecular formula is C16H16N2O3. The van der Waals surface area contributed by atoms with Crippen molar-refractivity contribution in [1.82, 2.24) is 10.3 Å². The molecular weight excluding hydrogens is 268 g/mol. The summed E-state index contributed by atoms with van der Waals surface area (Å²) in [7, 11) is 0. The number of carbonyl (C=O) groups excluding carboxylic acids is 1. The van der Waals surface area contributed by atoms with Crippen LogP contribution in [-0.4, -0.2) is 40.4 Å². The maximum absolute atomic E-state index is 12.1. The molecule has 1 heterocycles. The number of H-pyrrole nitrogens is 1. The molecule has 4 N–H and O–H groups in total. The number of carbonyl (C=O) groups is 1. The normalized spacial score (nSPS) is 12.7. The van der Waals surface area contributed by atoms with Gasteiger partial charge in [0.25, 0.3) is 5.91 Å². The van der Waals surface area contributed by atoms with Crippen LogP contribution < -0.4 is 5.32 Å². The van der Waals surface area contributed by atoms with E-state index in [0.29, 0.717) is 5.56 Å². The van der Waals surface area contributed by atoms with Gasteiger partial charge in [-0.1, -0.05) is 18.2 Å². The highest BCUT2D eigenvalue weighted by Crippen LogP contribution is 2.25. The summed E-state index contributed by atoms with van der Waals surface area (Å²) in [5.74, 6) is -0.269. The predicted molar refractivity (Wildman–Crippen MR) is 81.2 cm³/mol. The quantitative estimate of drug-likeness (QED) is 0.584. The molecule has 2 aromatic carbocycles. The number of fused-ring (bicyclic) bond motifs is 3. The van der Waals surface area contributed by atoms with Crippen LogP contribution in [0.15, 0.2) is 42.5 Å². The van der Waals surface area contributed by atoms with Crippen molar-refractivity contribution in [2.24, 2.45) is 0 Å². The highest BCUT2D eigenvalue weighted by molar-refractivity contribution is 6.09. The average molecular weight is 284 g/mol. The van der Waals surface area contributed by atoms with Crippen molar-refractivity contribution in [3.8, 4) is 0 Å². The fourth-order valence-corrected chi connectivity index (χ4v) is 2.37. The Balaban J connectivity index is 1.93. The number of rotatable bonds is 4. The van der Waals surface area contributed by atoms with E-state index >= 15 is 0 Å². The van der Waals surface area contributed by atoms with Gasteiger partial charge >= 0.3 is 0 Å². The molecule has 0 radical (unpaired) electrons. The zero-order valence-corrected chi connectivity index (χ0v) is 11.3. The molecule has 0 bridgehead atoms.